The molecule has 2 fully saturated rings. The molecular weight excluding hydrogens is 176 g/mol. The van der Waals surface area contributed by atoms with Crippen molar-refractivity contribution in [1.29, 1.82) is 0 Å². The summed E-state index contributed by atoms with van der Waals surface area (Å²) in [6, 6.07) is 1.000. The van der Waals surface area contributed by atoms with Crippen LogP contribution >= 0.6 is 0 Å². The lowest BCUT2D eigenvalue weighted by molar-refractivity contribution is 0.0442. The summed E-state index contributed by atoms with van der Waals surface area (Å²) in [7, 11) is 0. The number of rotatable bonds is 4. The Bertz CT molecular complexity index is 174. The van der Waals surface area contributed by atoms with Crippen molar-refractivity contribution in [2.24, 2.45) is 11.7 Å². The molecule has 0 aromatic carbocycles. The Morgan fingerprint density at radius 2 is 1.93 bits per heavy atom. The molecule has 1 atom stereocenters. The summed E-state index contributed by atoms with van der Waals surface area (Å²) in [4.78, 5) is 2.47. The molecular formula is C11H22N2O. The minimum absolute atomic E-state index is 0.326. The van der Waals surface area contributed by atoms with E-state index in [0.717, 1.165) is 25.4 Å². The zero-order valence-electron chi connectivity index (χ0n) is 8.86. The molecule has 1 saturated heterocycles. The number of nitrogens with two attached hydrogens (primary N) is 1. The number of hydrogen-bond acceptors (Lipinski definition) is 3. The summed E-state index contributed by atoms with van der Waals surface area (Å²) in [5.41, 5.74) is 5.80. The van der Waals surface area contributed by atoms with E-state index in [9.17, 15) is 0 Å². The molecule has 2 rings (SSSR count). The number of likely N-dealkylation sites (tertiary alicyclic amines) is 1. The molecule has 2 aliphatic rings. The second-order valence-corrected chi connectivity index (χ2v) is 4.84. The van der Waals surface area contributed by atoms with Gasteiger partial charge < -0.3 is 10.8 Å². The van der Waals surface area contributed by atoms with Gasteiger partial charge in [0, 0.05) is 31.8 Å². The maximum absolute atomic E-state index is 9.07. The van der Waals surface area contributed by atoms with Gasteiger partial charge in [-0.05, 0) is 25.2 Å². The van der Waals surface area contributed by atoms with Gasteiger partial charge in [-0.25, -0.2) is 0 Å². The predicted molar refractivity (Wildman–Crippen MR) is 57.0 cm³/mol. The van der Waals surface area contributed by atoms with Gasteiger partial charge in [-0.2, -0.15) is 0 Å². The summed E-state index contributed by atoms with van der Waals surface area (Å²) in [5.74, 6) is 0.828. The predicted octanol–water partition coefficient (Wildman–Crippen LogP) is 0.570. The van der Waals surface area contributed by atoms with Crippen molar-refractivity contribution in [3.63, 3.8) is 0 Å². The molecule has 3 heteroatoms. The lowest BCUT2D eigenvalue weighted by Crippen LogP contribution is -2.60. The summed E-state index contributed by atoms with van der Waals surface area (Å²) in [6.07, 6.45) is 6.42. The number of hydrogen-bond donors (Lipinski definition) is 2. The SMILES string of the molecule is NC1CN(C(CCO)C2CCCC2)C1. The van der Waals surface area contributed by atoms with Gasteiger partial charge in [0.2, 0.25) is 0 Å². The maximum Gasteiger partial charge on any atom is 0.0446 e. The van der Waals surface area contributed by atoms with Crippen LogP contribution in [-0.2, 0) is 0 Å². The van der Waals surface area contributed by atoms with Crippen LogP contribution in [0.2, 0.25) is 0 Å². The zero-order valence-corrected chi connectivity index (χ0v) is 8.86. The first-order chi connectivity index (χ1) is 6.81. The average molecular weight is 198 g/mol. The van der Waals surface area contributed by atoms with Crippen LogP contribution in [0, 0.1) is 5.92 Å². The van der Waals surface area contributed by atoms with Gasteiger partial charge in [0.05, 0.1) is 0 Å². The van der Waals surface area contributed by atoms with Crippen molar-refractivity contribution in [2.45, 2.75) is 44.2 Å². The Morgan fingerprint density at radius 3 is 2.43 bits per heavy atom. The third-order valence-corrected chi connectivity index (χ3v) is 3.78. The molecule has 0 aromatic heterocycles. The summed E-state index contributed by atoms with van der Waals surface area (Å²) >= 11 is 0. The minimum Gasteiger partial charge on any atom is -0.396 e. The number of aliphatic hydroxyl groups is 1. The van der Waals surface area contributed by atoms with Gasteiger partial charge in [0.25, 0.3) is 0 Å². The van der Waals surface area contributed by atoms with E-state index in [1.165, 1.54) is 25.7 Å². The standard InChI is InChI=1S/C11H22N2O/c12-10-7-13(8-10)11(5-6-14)9-3-1-2-4-9/h9-11,14H,1-8,12H2. The Morgan fingerprint density at radius 1 is 1.29 bits per heavy atom. The van der Waals surface area contributed by atoms with Gasteiger partial charge >= 0.3 is 0 Å². The lowest BCUT2D eigenvalue weighted by Gasteiger charge is -2.45. The molecule has 3 N–H and O–H groups in total. The van der Waals surface area contributed by atoms with Crippen molar-refractivity contribution in [3.8, 4) is 0 Å². The summed E-state index contributed by atoms with van der Waals surface area (Å²) in [6.45, 7) is 2.41. The highest BCUT2D eigenvalue weighted by atomic mass is 16.3. The maximum atomic E-state index is 9.07. The van der Waals surface area contributed by atoms with Crippen LogP contribution in [0.25, 0.3) is 0 Å². The summed E-state index contributed by atoms with van der Waals surface area (Å²) < 4.78 is 0. The summed E-state index contributed by atoms with van der Waals surface area (Å²) in [5, 5.41) is 9.07. The Balaban J connectivity index is 1.86. The van der Waals surface area contributed by atoms with Crippen LogP contribution in [0.5, 0.6) is 0 Å². The molecule has 0 bridgehead atoms. The average Bonchev–Trinajstić information content (AvgIpc) is 2.62. The van der Waals surface area contributed by atoms with Gasteiger partial charge in [0.1, 0.15) is 0 Å². The van der Waals surface area contributed by atoms with E-state index in [4.69, 9.17) is 10.8 Å². The van der Waals surface area contributed by atoms with E-state index in [1.807, 2.05) is 0 Å². The van der Waals surface area contributed by atoms with E-state index in [0.29, 0.717) is 18.7 Å². The fourth-order valence-corrected chi connectivity index (χ4v) is 3.01. The van der Waals surface area contributed by atoms with Crippen LogP contribution in [-0.4, -0.2) is 41.8 Å². The zero-order chi connectivity index (χ0) is 9.97. The first-order valence-corrected chi connectivity index (χ1v) is 5.91. The molecule has 1 unspecified atom stereocenters. The van der Waals surface area contributed by atoms with Gasteiger partial charge in [-0.1, -0.05) is 12.8 Å². The second kappa shape index (κ2) is 4.60. The Labute approximate surface area is 86.3 Å². The molecule has 1 aliphatic heterocycles. The van der Waals surface area contributed by atoms with Crippen LogP contribution in [0.15, 0.2) is 0 Å². The molecule has 1 heterocycles. The van der Waals surface area contributed by atoms with Crippen LogP contribution in [0.1, 0.15) is 32.1 Å². The highest BCUT2D eigenvalue weighted by molar-refractivity contribution is 4.92. The van der Waals surface area contributed by atoms with Crippen molar-refractivity contribution >= 4 is 0 Å². The number of aliphatic hydroxyl groups excluding tert-OH is 1. The molecule has 82 valence electrons. The molecule has 0 radical (unpaired) electrons. The monoisotopic (exact) mass is 198 g/mol. The van der Waals surface area contributed by atoms with Crippen LogP contribution in [0.3, 0.4) is 0 Å². The van der Waals surface area contributed by atoms with Crippen LogP contribution in [0.4, 0.5) is 0 Å². The van der Waals surface area contributed by atoms with Crippen molar-refractivity contribution in [2.75, 3.05) is 19.7 Å². The van der Waals surface area contributed by atoms with E-state index in [2.05, 4.69) is 4.90 Å². The molecule has 0 aromatic rings. The number of nitrogens with zero attached hydrogens (tertiary/aromatic N) is 1. The Kier molecular flexibility index (Phi) is 3.42. The second-order valence-electron chi connectivity index (χ2n) is 4.84. The van der Waals surface area contributed by atoms with Crippen molar-refractivity contribution in [3.05, 3.63) is 0 Å². The van der Waals surface area contributed by atoms with Crippen molar-refractivity contribution in [1.82, 2.24) is 4.90 Å². The first kappa shape index (κ1) is 10.4. The fourth-order valence-electron chi connectivity index (χ4n) is 3.01. The molecule has 3 nitrogen and oxygen atoms in total. The van der Waals surface area contributed by atoms with E-state index in [1.54, 1.807) is 0 Å². The third-order valence-electron chi connectivity index (χ3n) is 3.78. The highest BCUT2D eigenvalue weighted by Crippen LogP contribution is 2.33. The lowest BCUT2D eigenvalue weighted by atomic mass is 9.91. The molecule has 0 amide bonds. The van der Waals surface area contributed by atoms with Gasteiger partial charge in [-0.15, -0.1) is 0 Å². The van der Waals surface area contributed by atoms with Gasteiger partial charge in [-0.3, -0.25) is 4.90 Å². The molecule has 1 saturated carbocycles. The molecule has 1 aliphatic carbocycles. The normalized spacial score (nSPS) is 27.9. The van der Waals surface area contributed by atoms with Gasteiger partial charge in [0.15, 0.2) is 0 Å². The quantitative estimate of drug-likeness (QED) is 0.694. The minimum atomic E-state index is 0.326. The van der Waals surface area contributed by atoms with E-state index in [-0.39, 0.29) is 0 Å². The highest BCUT2D eigenvalue weighted by Gasteiger charge is 2.35. The largest absolute Gasteiger partial charge is 0.396 e. The van der Waals surface area contributed by atoms with E-state index < -0.39 is 0 Å². The smallest absolute Gasteiger partial charge is 0.0446 e. The molecule has 0 spiro atoms. The topological polar surface area (TPSA) is 49.5 Å². The van der Waals surface area contributed by atoms with E-state index >= 15 is 0 Å². The van der Waals surface area contributed by atoms with Crippen molar-refractivity contribution < 1.29 is 5.11 Å². The molecule has 14 heavy (non-hydrogen) atoms. The Hall–Kier alpha value is -0.120. The third kappa shape index (κ3) is 2.10. The van der Waals surface area contributed by atoms with Crippen LogP contribution < -0.4 is 5.73 Å². The fraction of sp³-hybridized carbons (Fsp3) is 1.00. The first-order valence-electron chi connectivity index (χ1n) is 5.91.